The highest BCUT2D eigenvalue weighted by Gasteiger charge is 2.22. The van der Waals surface area contributed by atoms with E-state index in [1.807, 2.05) is 0 Å². The molecule has 0 saturated carbocycles. The summed E-state index contributed by atoms with van der Waals surface area (Å²) in [6, 6.07) is -1.16. The Hall–Kier alpha value is -0.550. The van der Waals surface area contributed by atoms with Gasteiger partial charge in [0.15, 0.2) is 5.78 Å². The lowest BCUT2D eigenvalue weighted by Crippen LogP contribution is -2.40. The van der Waals surface area contributed by atoms with Crippen LogP contribution in [-0.2, 0) is 4.79 Å². The Morgan fingerprint density at radius 2 is 2.09 bits per heavy atom. The van der Waals surface area contributed by atoms with E-state index in [-0.39, 0.29) is 0 Å². The zero-order chi connectivity index (χ0) is 9.02. The van der Waals surface area contributed by atoms with Gasteiger partial charge in [0.25, 0.3) is 0 Å². The van der Waals surface area contributed by atoms with Crippen molar-refractivity contribution >= 4 is 5.78 Å². The first-order valence-electron chi connectivity index (χ1n) is 3.17. The predicted molar refractivity (Wildman–Crippen MR) is 35.3 cm³/mol. The van der Waals surface area contributed by atoms with Gasteiger partial charge >= 0.3 is 0 Å². The minimum absolute atomic E-state index is 0.585. The molecule has 0 aliphatic carbocycles. The van der Waals surface area contributed by atoms with Gasteiger partial charge < -0.3 is 10.8 Å². The van der Waals surface area contributed by atoms with Crippen LogP contribution in [0.15, 0.2) is 0 Å². The third-order valence-corrected chi connectivity index (χ3v) is 1.27. The molecule has 0 radical (unpaired) electrons. The lowest BCUT2D eigenvalue weighted by atomic mass is 10.1. The smallest absolute Gasteiger partial charge is 0.240 e. The van der Waals surface area contributed by atoms with Gasteiger partial charge in [0.05, 0.1) is 0 Å². The Balaban J connectivity index is 3.82. The number of aliphatic hydroxyl groups excluding tert-OH is 1. The number of hydrogen-bond acceptors (Lipinski definition) is 3. The van der Waals surface area contributed by atoms with Crippen molar-refractivity contribution in [1.82, 2.24) is 0 Å². The van der Waals surface area contributed by atoms with Gasteiger partial charge in [-0.05, 0) is 6.92 Å². The largest absolute Gasteiger partial charge is 0.384 e. The van der Waals surface area contributed by atoms with Crippen LogP contribution < -0.4 is 5.73 Å². The van der Waals surface area contributed by atoms with E-state index < -0.39 is 30.8 Å². The summed E-state index contributed by atoms with van der Waals surface area (Å²) in [5.41, 5.74) is 5.07. The molecule has 2 unspecified atom stereocenters. The zero-order valence-corrected chi connectivity index (χ0v) is 6.13. The summed E-state index contributed by atoms with van der Waals surface area (Å²) in [7, 11) is 0. The van der Waals surface area contributed by atoms with Gasteiger partial charge in [0.2, 0.25) is 6.43 Å². The highest BCUT2D eigenvalue weighted by Crippen LogP contribution is 2.05. The van der Waals surface area contributed by atoms with E-state index in [0.717, 1.165) is 6.92 Å². The van der Waals surface area contributed by atoms with Crippen molar-refractivity contribution < 1.29 is 18.7 Å². The fraction of sp³-hybridized carbons (Fsp3) is 0.833. The van der Waals surface area contributed by atoms with Crippen LogP contribution in [0.2, 0.25) is 0 Å². The summed E-state index contributed by atoms with van der Waals surface area (Å²) < 4.78 is 23.2. The second kappa shape index (κ2) is 4.35. The van der Waals surface area contributed by atoms with Gasteiger partial charge in [-0.2, -0.15) is 0 Å². The second-order valence-electron chi connectivity index (χ2n) is 2.35. The first-order chi connectivity index (χ1) is 4.95. The van der Waals surface area contributed by atoms with E-state index in [9.17, 15) is 13.6 Å². The summed E-state index contributed by atoms with van der Waals surface area (Å²) in [6.07, 6.45) is -4.70. The zero-order valence-electron chi connectivity index (χ0n) is 6.13. The van der Waals surface area contributed by atoms with Gasteiger partial charge in [-0.25, -0.2) is 8.78 Å². The summed E-state index contributed by atoms with van der Waals surface area (Å²) in [5.74, 6) is -0.585. The van der Waals surface area contributed by atoms with E-state index in [1.165, 1.54) is 0 Å². The number of halogens is 2. The topological polar surface area (TPSA) is 63.3 Å². The van der Waals surface area contributed by atoms with Crippen LogP contribution in [0, 0.1) is 0 Å². The average Bonchev–Trinajstić information content (AvgIpc) is 1.84. The molecule has 11 heavy (non-hydrogen) atoms. The van der Waals surface area contributed by atoms with Gasteiger partial charge in [0.1, 0.15) is 6.10 Å². The molecule has 0 bridgehead atoms. The molecule has 5 heteroatoms. The summed E-state index contributed by atoms with van der Waals surface area (Å²) in [5, 5.41) is 8.84. The standard InChI is InChI=1S/C6H11F2NO2/c1-3(10)6(11)4(9)2-5(7)8/h4-6,11H,2,9H2,1H3. The molecule has 0 heterocycles. The number of ketones is 1. The number of Topliss-reactive ketones (excluding diaryl/α,β-unsaturated/α-hetero) is 1. The van der Waals surface area contributed by atoms with Crippen LogP contribution in [0.1, 0.15) is 13.3 Å². The molecule has 3 nitrogen and oxygen atoms in total. The average molecular weight is 167 g/mol. The normalized spacial score (nSPS) is 16.5. The fourth-order valence-electron chi connectivity index (χ4n) is 0.636. The third kappa shape index (κ3) is 4.00. The SMILES string of the molecule is CC(=O)C(O)C(N)CC(F)F. The Morgan fingerprint density at radius 3 is 2.36 bits per heavy atom. The van der Waals surface area contributed by atoms with Crippen molar-refractivity contribution in [2.45, 2.75) is 31.9 Å². The maximum absolute atomic E-state index is 11.6. The predicted octanol–water partition coefficient (Wildman–Crippen LogP) is -0.0812. The molecule has 0 spiro atoms. The van der Waals surface area contributed by atoms with Gasteiger partial charge in [-0.3, -0.25) is 4.79 Å². The molecule has 3 N–H and O–H groups in total. The minimum Gasteiger partial charge on any atom is -0.384 e. The lowest BCUT2D eigenvalue weighted by molar-refractivity contribution is -0.126. The Bertz CT molecular complexity index is 141. The first kappa shape index (κ1) is 10.4. The van der Waals surface area contributed by atoms with E-state index in [0.29, 0.717) is 0 Å². The van der Waals surface area contributed by atoms with Crippen molar-refractivity contribution in [3.63, 3.8) is 0 Å². The Labute approximate surface area is 63.2 Å². The number of rotatable bonds is 4. The van der Waals surface area contributed by atoms with Crippen LogP contribution in [0.3, 0.4) is 0 Å². The van der Waals surface area contributed by atoms with Crippen LogP contribution in [0.25, 0.3) is 0 Å². The highest BCUT2D eigenvalue weighted by molar-refractivity contribution is 5.80. The molecular weight excluding hydrogens is 156 g/mol. The minimum atomic E-state index is -2.58. The second-order valence-corrected chi connectivity index (χ2v) is 2.35. The fourth-order valence-corrected chi connectivity index (χ4v) is 0.636. The quantitative estimate of drug-likeness (QED) is 0.615. The van der Waals surface area contributed by atoms with Crippen molar-refractivity contribution in [3.05, 3.63) is 0 Å². The Morgan fingerprint density at radius 1 is 1.64 bits per heavy atom. The molecule has 0 saturated heterocycles. The number of alkyl halides is 2. The van der Waals surface area contributed by atoms with Gasteiger partial charge in [-0.1, -0.05) is 0 Å². The van der Waals surface area contributed by atoms with Crippen molar-refractivity contribution in [3.8, 4) is 0 Å². The molecular formula is C6H11F2NO2. The number of aliphatic hydroxyl groups is 1. The Kier molecular flexibility index (Phi) is 4.14. The monoisotopic (exact) mass is 167 g/mol. The van der Waals surface area contributed by atoms with Gasteiger partial charge in [0, 0.05) is 12.5 Å². The number of hydrogen-bond donors (Lipinski definition) is 2. The molecule has 0 aliphatic heterocycles. The van der Waals surface area contributed by atoms with E-state index in [1.54, 1.807) is 0 Å². The number of carbonyl (C=O) groups excluding carboxylic acids is 1. The van der Waals surface area contributed by atoms with Crippen molar-refractivity contribution in [2.24, 2.45) is 5.73 Å². The molecule has 0 aromatic heterocycles. The van der Waals surface area contributed by atoms with Gasteiger partial charge in [-0.15, -0.1) is 0 Å². The number of carbonyl (C=O) groups is 1. The molecule has 2 atom stereocenters. The lowest BCUT2D eigenvalue weighted by Gasteiger charge is -2.14. The van der Waals surface area contributed by atoms with Crippen LogP contribution >= 0.6 is 0 Å². The van der Waals surface area contributed by atoms with Crippen LogP contribution in [0.5, 0.6) is 0 Å². The molecule has 0 amide bonds. The molecule has 0 aromatic carbocycles. The molecule has 0 aliphatic rings. The molecule has 0 rings (SSSR count). The van der Waals surface area contributed by atoms with Crippen molar-refractivity contribution in [1.29, 1.82) is 0 Å². The van der Waals surface area contributed by atoms with E-state index in [2.05, 4.69) is 0 Å². The van der Waals surface area contributed by atoms with Crippen LogP contribution in [-0.4, -0.2) is 29.5 Å². The van der Waals surface area contributed by atoms with Crippen molar-refractivity contribution in [2.75, 3.05) is 0 Å². The molecule has 0 aromatic rings. The third-order valence-electron chi connectivity index (χ3n) is 1.27. The summed E-state index contributed by atoms with van der Waals surface area (Å²) in [6.45, 7) is 1.11. The maximum atomic E-state index is 11.6. The highest BCUT2D eigenvalue weighted by atomic mass is 19.3. The molecule has 0 fully saturated rings. The van der Waals surface area contributed by atoms with E-state index >= 15 is 0 Å². The van der Waals surface area contributed by atoms with Crippen LogP contribution in [0.4, 0.5) is 8.78 Å². The summed E-state index contributed by atoms with van der Waals surface area (Å²) in [4.78, 5) is 10.4. The first-order valence-corrected chi connectivity index (χ1v) is 3.17. The number of nitrogens with two attached hydrogens (primary N) is 1. The maximum Gasteiger partial charge on any atom is 0.240 e. The summed E-state index contributed by atoms with van der Waals surface area (Å²) >= 11 is 0. The van der Waals surface area contributed by atoms with E-state index in [4.69, 9.17) is 10.8 Å². The molecule has 66 valence electrons.